The van der Waals surface area contributed by atoms with Gasteiger partial charge in [0.1, 0.15) is 5.75 Å². The first-order valence-corrected chi connectivity index (χ1v) is 7.10. The van der Waals surface area contributed by atoms with E-state index in [0.717, 1.165) is 11.3 Å². The fourth-order valence-electron chi connectivity index (χ4n) is 1.95. The summed E-state index contributed by atoms with van der Waals surface area (Å²) in [4.78, 5) is 14.0. The molecule has 21 heavy (non-hydrogen) atoms. The van der Waals surface area contributed by atoms with Gasteiger partial charge in [-0.3, -0.25) is 4.79 Å². The summed E-state index contributed by atoms with van der Waals surface area (Å²) in [6.07, 6.45) is 0. The van der Waals surface area contributed by atoms with Gasteiger partial charge in [-0.25, -0.2) is 0 Å². The lowest BCUT2D eigenvalue weighted by atomic mass is 10.1. The third-order valence-corrected chi connectivity index (χ3v) is 3.63. The van der Waals surface area contributed by atoms with Crippen LogP contribution in [0.1, 0.15) is 15.9 Å². The zero-order chi connectivity index (χ0) is 15.4. The molecular formula is C16H15Cl2NO2. The van der Waals surface area contributed by atoms with Gasteiger partial charge in [0.05, 0.1) is 17.7 Å². The number of methoxy groups -OCH3 is 1. The molecular weight excluding hydrogens is 309 g/mol. The molecule has 110 valence electrons. The predicted octanol–water partition coefficient (Wildman–Crippen LogP) is 4.27. The molecule has 0 fully saturated rings. The van der Waals surface area contributed by atoms with E-state index in [4.69, 9.17) is 27.9 Å². The Morgan fingerprint density at radius 1 is 1.14 bits per heavy atom. The molecule has 0 atom stereocenters. The van der Waals surface area contributed by atoms with Crippen LogP contribution in [-0.4, -0.2) is 25.0 Å². The molecule has 0 aliphatic carbocycles. The van der Waals surface area contributed by atoms with Crippen molar-refractivity contribution in [1.29, 1.82) is 0 Å². The van der Waals surface area contributed by atoms with Crippen LogP contribution in [0, 0.1) is 0 Å². The number of benzene rings is 2. The Morgan fingerprint density at radius 3 is 2.38 bits per heavy atom. The molecule has 0 unspecified atom stereocenters. The Morgan fingerprint density at radius 2 is 1.81 bits per heavy atom. The largest absolute Gasteiger partial charge is 0.497 e. The van der Waals surface area contributed by atoms with Gasteiger partial charge in [0, 0.05) is 18.6 Å². The average Bonchev–Trinajstić information content (AvgIpc) is 2.47. The molecule has 0 radical (unpaired) electrons. The maximum atomic E-state index is 12.4. The third-order valence-electron chi connectivity index (χ3n) is 3.09. The highest BCUT2D eigenvalue weighted by molar-refractivity contribution is 6.36. The summed E-state index contributed by atoms with van der Waals surface area (Å²) in [7, 11) is 3.35. The monoisotopic (exact) mass is 323 g/mol. The minimum atomic E-state index is -0.146. The molecule has 5 heteroatoms. The van der Waals surface area contributed by atoms with Gasteiger partial charge < -0.3 is 9.64 Å². The zero-order valence-electron chi connectivity index (χ0n) is 11.8. The summed E-state index contributed by atoms with van der Waals surface area (Å²) < 4.78 is 5.11. The van der Waals surface area contributed by atoms with Crippen molar-refractivity contribution in [1.82, 2.24) is 4.90 Å². The van der Waals surface area contributed by atoms with Crippen LogP contribution in [-0.2, 0) is 6.54 Å². The van der Waals surface area contributed by atoms with E-state index in [1.54, 1.807) is 37.3 Å². The van der Waals surface area contributed by atoms with Gasteiger partial charge in [0.2, 0.25) is 0 Å². The fourth-order valence-corrected chi connectivity index (χ4v) is 2.43. The van der Waals surface area contributed by atoms with Gasteiger partial charge >= 0.3 is 0 Å². The summed E-state index contributed by atoms with van der Waals surface area (Å²) in [5, 5.41) is 0.864. The number of carbonyl (C=O) groups excluding carboxylic acids is 1. The molecule has 0 aliphatic rings. The standard InChI is InChI=1S/C16H15Cl2NO2/c1-19(10-11-3-6-13(21-2)7-4-11)16(20)14-8-5-12(17)9-15(14)18/h3-9H,10H2,1-2H3. The molecule has 2 aromatic rings. The Hall–Kier alpha value is -1.71. The second-order valence-corrected chi connectivity index (χ2v) is 5.48. The van der Waals surface area contributed by atoms with E-state index in [2.05, 4.69) is 0 Å². The van der Waals surface area contributed by atoms with Crippen molar-refractivity contribution < 1.29 is 9.53 Å². The molecule has 0 bridgehead atoms. The smallest absolute Gasteiger partial charge is 0.255 e. The van der Waals surface area contributed by atoms with Crippen LogP contribution >= 0.6 is 23.2 Å². The van der Waals surface area contributed by atoms with E-state index < -0.39 is 0 Å². The summed E-state index contributed by atoms with van der Waals surface area (Å²) >= 11 is 11.9. The number of hydrogen-bond acceptors (Lipinski definition) is 2. The van der Waals surface area contributed by atoms with E-state index in [1.807, 2.05) is 24.3 Å². The first-order chi connectivity index (χ1) is 10.0. The van der Waals surface area contributed by atoms with E-state index in [0.29, 0.717) is 22.2 Å². The lowest BCUT2D eigenvalue weighted by Gasteiger charge is -2.18. The van der Waals surface area contributed by atoms with Crippen LogP contribution in [0.15, 0.2) is 42.5 Å². The van der Waals surface area contributed by atoms with Crippen molar-refractivity contribution in [3.05, 3.63) is 63.6 Å². The lowest BCUT2D eigenvalue weighted by Crippen LogP contribution is -2.26. The number of amides is 1. The fraction of sp³-hybridized carbons (Fsp3) is 0.188. The van der Waals surface area contributed by atoms with Crippen LogP contribution < -0.4 is 4.74 Å². The van der Waals surface area contributed by atoms with E-state index in [1.165, 1.54) is 0 Å². The highest BCUT2D eigenvalue weighted by Crippen LogP contribution is 2.22. The summed E-state index contributed by atoms with van der Waals surface area (Å²) in [6.45, 7) is 0.488. The van der Waals surface area contributed by atoms with Crippen molar-refractivity contribution in [3.8, 4) is 5.75 Å². The Balaban J connectivity index is 2.11. The van der Waals surface area contributed by atoms with Crippen molar-refractivity contribution in [2.75, 3.05) is 14.2 Å². The molecule has 2 rings (SSSR count). The maximum absolute atomic E-state index is 12.4. The molecule has 2 aromatic carbocycles. The molecule has 0 aromatic heterocycles. The van der Waals surface area contributed by atoms with Gasteiger partial charge in [-0.1, -0.05) is 35.3 Å². The first kappa shape index (κ1) is 15.7. The van der Waals surface area contributed by atoms with Crippen molar-refractivity contribution in [2.24, 2.45) is 0 Å². The minimum Gasteiger partial charge on any atom is -0.497 e. The van der Waals surface area contributed by atoms with Gasteiger partial charge in [0.15, 0.2) is 0 Å². The topological polar surface area (TPSA) is 29.5 Å². The molecule has 3 nitrogen and oxygen atoms in total. The van der Waals surface area contributed by atoms with Crippen LogP contribution in [0.4, 0.5) is 0 Å². The maximum Gasteiger partial charge on any atom is 0.255 e. The van der Waals surface area contributed by atoms with E-state index >= 15 is 0 Å². The number of halogens is 2. The molecule has 0 aliphatic heterocycles. The summed E-state index contributed by atoms with van der Waals surface area (Å²) in [5.41, 5.74) is 1.45. The Labute approximate surface area is 134 Å². The van der Waals surface area contributed by atoms with Gasteiger partial charge in [-0.05, 0) is 35.9 Å². The van der Waals surface area contributed by atoms with Crippen molar-refractivity contribution in [3.63, 3.8) is 0 Å². The molecule has 0 heterocycles. The predicted molar refractivity (Wildman–Crippen MR) is 85.3 cm³/mol. The van der Waals surface area contributed by atoms with Crippen molar-refractivity contribution in [2.45, 2.75) is 6.54 Å². The summed E-state index contributed by atoms with van der Waals surface area (Å²) in [5.74, 6) is 0.640. The Kier molecular flexibility index (Phi) is 5.10. The second kappa shape index (κ2) is 6.83. The first-order valence-electron chi connectivity index (χ1n) is 6.34. The van der Waals surface area contributed by atoms with Gasteiger partial charge in [-0.15, -0.1) is 0 Å². The van der Waals surface area contributed by atoms with Gasteiger partial charge in [-0.2, -0.15) is 0 Å². The van der Waals surface area contributed by atoms with E-state index in [9.17, 15) is 4.79 Å². The van der Waals surface area contributed by atoms with Crippen molar-refractivity contribution >= 4 is 29.1 Å². The second-order valence-electron chi connectivity index (χ2n) is 4.63. The molecule has 0 N–H and O–H groups in total. The van der Waals surface area contributed by atoms with Crippen LogP contribution in [0.3, 0.4) is 0 Å². The molecule has 1 amide bonds. The molecule has 0 spiro atoms. The Bertz CT molecular complexity index is 641. The quantitative estimate of drug-likeness (QED) is 0.840. The van der Waals surface area contributed by atoms with Gasteiger partial charge in [0.25, 0.3) is 5.91 Å². The number of hydrogen-bond donors (Lipinski definition) is 0. The highest BCUT2D eigenvalue weighted by Gasteiger charge is 2.15. The lowest BCUT2D eigenvalue weighted by molar-refractivity contribution is 0.0785. The number of rotatable bonds is 4. The number of ether oxygens (including phenoxy) is 1. The normalized spacial score (nSPS) is 10.3. The van der Waals surface area contributed by atoms with E-state index in [-0.39, 0.29) is 5.91 Å². The minimum absolute atomic E-state index is 0.146. The number of nitrogens with zero attached hydrogens (tertiary/aromatic N) is 1. The SMILES string of the molecule is COc1ccc(CN(C)C(=O)c2ccc(Cl)cc2Cl)cc1. The average molecular weight is 324 g/mol. The molecule has 0 saturated carbocycles. The molecule has 0 saturated heterocycles. The van der Waals surface area contributed by atoms with Crippen LogP contribution in [0.2, 0.25) is 10.0 Å². The number of carbonyl (C=O) groups is 1. The van der Waals surface area contributed by atoms with Crippen LogP contribution in [0.25, 0.3) is 0 Å². The summed E-state index contributed by atoms with van der Waals surface area (Å²) in [6, 6.07) is 12.4. The third kappa shape index (κ3) is 3.90. The zero-order valence-corrected chi connectivity index (χ0v) is 13.3. The van der Waals surface area contributed by atoms with Crippen LogP contribution in [0.5, 0.6) is 5.75 Å². The highest BCUT2D eigenvalue weighted by atomic mass is 35.5.